The quantitative estimate of drug-likeness (QED) is 0.132. The van der Waals surface area contributed by atoms with Crippen LogP contribution in [0.15, 0.2) is 71.7 Å². The zero-order valence-electron chi connectivity index (χ0n) is 27.9. The zero-order valence-corrected chi connectivity index (χ0v) is 29.5. The molecule has 4 heterocycles. The second kappa shape index (κ2) is 13.2. The number of aromatic nitrogens is 6. The molecule has 0 aliphatic carbocycles. The van der Waals surface area contributed by atoms with Crippen molar-refractivity contribution in [1.82, 2.24) is 34.8 Å². The monoisotopic (exact) mass is 692 g/mol. The van der Waals surface area contributed by atoms with Crippen LogP contribution in [0.5, 0.6) is 11.8 Å². The van der Waals surface area contributed by atoms with Gasteiger partial charge in [0.1, 0.15) is 22.6 Å². The van der Waals surface area contributed by atoms with Crippen molar-refractivity contribution in [2.24, 2.45) is 4.99 Å². The number of hydrogen-bond donors (Lipinski definition) is 3. The fourth-order valence-electron chi connectivity index (χ4n) is 6.20. The average molecular weight is 693 g/mol. The molecular weight excluding hydrogens is 656 g/mol. The molecule has 0 amide bonds. The molecular formula is C37H37ClN8O2S. The van der Waals surface area contributed by atoms with Gasteiger partial charge in [-0.3, -0.25) is 9.56 Å². The molecule has 12 heteroatoms. The summed E-state index contributed by atoms with van der Waals surface area (Å²) in [5.74, 6) is 2.39. The van der Waals surface area contributed by atoms with Gasteiger partial charge in [0, 0.05) is 27.6 Å². The number of benzene rings is 3. The van der Waals surface area contributed by atoms with E-state index in [-0.39, 0.29) is 23.7 Å². The van der Waals surface area contributed by atoms with E-state index in [9.17, 15) is 10.2 Å². The van der Waals surface area contributed by atoms with E-state index in [0.717, 1.165) is 51.0 Å². The Kier molecular flexibility index (Phi) is 8.82. The number of thiophene rings is 1. The largest absolute Gasteiger partial charge is 0.507 e. The molecule has 1 aliphatic heterocycles. The van der Waals surface area contributed by atoms with Crippen LogP contribution in [0.3, 0.4) is 0 Å². The molecule has 0 unspecified atom stereocenters. The van der Waals surface area contributed by atoms with Gasteiger partial charge in [-0.25, -0.2) is 4.57 Å². The van der Waals surface area contributed by atoms with Gasteiger partial charge in [0.05, 0.1) is 17.0 Å². The van der Waals surface area contributed by atoms with E-state index >= 15 is 0 Å². The molecule has 3 N–H and O–H groups in total. The summed E-state index contributed by atoms with van der Waals surface area (Å²) in [6.07, 6.45) is 0.719. The molecule has 10 nitrogen and oxygen atoms in total. The molecule has 0 spiro atoms. The maximum Gasteiger partial charge on any atom is 0.319 e. The van der Waals surface area contributed by atoms with E-state index in [1.807, 2.05) is 67.6 Å². The lowest BCUT2D eigenvalue weighted by atomic mass is 9.99. The molecule has 0 fully saturated rings. The Labute approximate surface area is 293 Å². The van der Waals surface area contributed by atoms with E-state index in [1.54, 1.807) is 22.0 Å². The minimum atomic E-state index is -0.250. The molecule has 49 heavy (non-hydrogen) atoms. The van der Waals surface area contributed by atoms with Gasteiger partial charge in [-0.15, -0.1) is 26.6 Å². The number of rotatable bonds is 9. The van der Waals surface area contributed by atoms with Crippen LogP contribution < -0.4 is 5.32 Å². The van der Waals surface area contributed by atoms with Gasteiger partial charge >= 0.3 is 6.01 Å². The summed E-state index contributed by atoms with van der Waals surface area (Å²) in [6.45, 7) is 11.8. The van der Waals surface area contributed by atoms with Crippen LogP contribution in [-0.4, -0.2) is 52.0 Å². The van der Waals surface area contributed by atoms with Crippen LogP contribution in [0, 0.1) is 20.8 Å². The number of aromatic hydroxyl groups is 2. The fourth-order valence-corrected chi connectivity index (χ4v) is 7.54. The van der Waals surface area contributed by atoms with E-state index in [1.165, 1.54) is 10.4 Å². The first-order valence-electron chi connectivity index (χ1n) is 16.2. The standard InChI is InChI=1S/C37H37ClN8O2S/c1-20(2)26-10-15-31(47)29(18-26)34-42-44-37(48)46(34)28-13-6-24(7-14-28)19-39-17-16-30-35-43-41-23(5)45(35)36-32(21(3)22(4)49-36)33(40-30)25-8-11-27(38)12-9-25/h6-15,18,20,30,39,47H,16-17,19H2,1-5H3,(H,44,48)/t30-/m0/s1. The number of hydrogen-bond acceptors (Lipinski definition) is 9. The van der Waals surface area contributed by atoms with E-state index in [0.29, 0.717) is 35.2 Å². The van der Waals surface area contributed by atoms with E-state index in [4.69, 9.17) is 16.6 Å². The normalized spacial score (nSPS) is 14.1. The third kappa shape index (κ3) is 6.14. The average Bonchev–Trinajstić information content (AvgIpc) is 3.72. The second-order valence-electron chi connectivity index (χ2n) is 12.6. The summed E-state index contributed by atoms with van der Waals surface area (Å²) < 4.78 is 3.71. The number of aryl methyl sites for hydroxylation is 2. The molecule has 6 aromatic rings. The first kappa shape index (κ1) is 32.7. The number of nitrogens with zero attached hydrogens (tertiary/aromatic N) is 7. The Morgan fingerprint density at radius 3 is 2.39 bits per heavy atom. The Balaban J connectivity index is 1.10. The van der Waals surface area contributed by atoms with Crippen LogP contribution >= 0.6 is 22.9 Å². The topological polar surface area (TPSA) is 126 Å². The minimum absolute atomic E-state index is 0.0754. The Morgan fingerprint density at radius 2 is 1.65 bits per heavy atom. The van der Waals surface area contributed by atoms with Crippen molar-refractivity contribution in [3.8, 4) is 33.8 Å². The summed E-state index contributed by atoms with van der Waals surface area (Å²) in [5.41, 5.74) is 7.61. The van der Waals surface area contributed by atoms with Crippen LogP contribution in [0.25, 0.3) is 22.1 Å². The molecule has 3 aromatic carbocycles. The molecule has 0 saturated heterocycles. The van der Waals surface area contributed by atoms with Gasteiger partial charge in [-0.2, -0.15) is 0 Å². The van der Waals surface area contributed by atoms with E-state index in [2.05, 4.69) is 58.0 Å². The van der Waals surface area contributed by atoms with Gasteiger partial charge in [0.15, 0.2) is 11.6 Å². The Hall–Kier alpha value is -4.84. The van der Waals surface area contributed by atoms with Crippen molar-refractivity contribution in [3.05, 3.63) is 116 Å². The highest BCUT2D eigenvalue weighted by atomic mass is 35.5. The van der Waals surface area contributed by atoms with Crippen molar-refractivity contribution in [1.29, 1.82) is 0 Å². The number of phenolic OH excluding ortho intramolecular Hbond substituents is 1. The van der Waals surface area contributed by atoms with Crippen molar-refractivity contribution in [2.45, 2.75) is 59.5 Å². The predicted octanol–water partition coefficient (Wildman–Crippen LogP) is 7.76. The summed E-state index contributed by atoms with van der Waals surface area (Å²) in [4.78, 5) is 6.60. The number of fused-ring (bicyclic) bond motifs is 3. The van der Waals surface area contributed by atoms with Crippen LogP contribution in [0.4, 0.5) is 0 Å². The number of halogens is 1. The molecule has 0 saturated carbocycles. The van der Waals surface area contributed by atoms with Crippen LogP contribution in [0.2, 0.25) is 5.02 Å². The fraction of sp³-hybridized carbons (Fsp3) is 0.270. The second-order valence-corrected chi connectivity index (χ2v) is 14.3. The molecule has 0 bridgehead atoms. The summed E-state index contributed by atoms with van der Waals surface area (Å²) in [5, 5.41) is 43.8. The molecule has 1 aliphatic rings. The predicted molar refractivity (Wildman–Crippen MR) is 194 cm³/mol. The molecule has 1 atom stereocenters. The first-order valence-corrected chi connectivity index (χ1v) is 17.4. The van der Waals surface area contributed by atoms with Gasteiger partial charge in [-0.1, -0.05) is 60.9 Å². The van der Waals surface area contributed by atoms with Gasteiger partial charge in [0.25, 0.3) is 0 Å². The van der Waals surface area contributed by atoms with Crippen molar-refractivity contribution in [2.75, 3.05) is 6.54 Å². The lowest BCUT2D eigenvalue weighted by molar-refractivity contribution is 0.420. The maximum atomic E-state index is 10.6. The van der Waals surface area contributed by atoms with Gasteiger partial charge in [0.2, 0.25) is 0 Å². The van der Waals surface area contributed by atoms with Crippen molar-refractivity contribution >= 4 is 28.6 Å². The molecule has 250 valence electrons. The third-order valence-corrected chi connectivity index (χ3v) is 10.5. The highest BCUT2D eigenvalue weighted by molar-refractivity contribution is 7.15. The third-order valence-electron chi connectivity index (χ3n) is 9.05. The van der Waals surface area contributed by atoms with Crippen molar-refractivity contribution < 1.29 is 10.2 Å². The highest BCUT2D eigenvalue weighted by Crippen LogP contribution is 2.40. The smallest absolute Gasteiger partial charge is 0.319 e. The SMILES string of the molecule is Cc1sc2c(c1C)C(c1ccc(Cl)cc1)=N[C@@H](CCNCc1ccc(-n3c(O)nnc3-c3cc(C(C)C)ccc3O)cc1)c1nnc(C)n1-2. The minimum Gasteiger partial charge on any atom is -0.507 e. The highest BCUT2D eigenvalue weighted by Gasteiger charge is 2.31. The first-order chi connectivity index (χ1) is 23.6. The summed E-state index contributed by atoms with van der Waals surface area (Å²) in [6, 6.07) is 20.7. The Bertz CT molecular complexity index is 2180. The van der Waals surface area contributed by atoms with Gasteiger partial charge in [-0.05, 0) is 92.7 Å². The Morgan fingerprint density at radius 1 is 0.898 bits per heavy atom. The van der Waals surface area contributed by atoms with E-state index < -0.39 is 0 Å². The van der Waals surface area contributed by atoms with Crippen LogP contribution in [0.1, 0.15) is 76.6 Å². The molecule has 3 aromatic heterocycles. The molecule has 7 rings (SSSR count). The van der Waals surface area contributed by atoms with Gasteiger partial charge < -0.3 is 15.5 Å². The summed E-state index contributed by atoms with van der Waals surface area (Å²) >= 11 is 8.00. The lowest BCUT2D eigenvalue weighted by Crippen LogP contribution is -2.18. The van der Waals surface area contributed by atoms with Crippen molar-refractivity contribution in [3.63, 3.8) is 0 Å². The lowest BCUT2D eigenvalue weighted by Gasteiger charge is -2.14. The molecule has 0 radical (unpaired) electrons. The maximum absolute atomic E-state index is 10.6. The number of nitrogens with one attached hydrogen (secondary N) is 1. The number of aliphatic imine (C=N–C) groups is 1. The van der Waals surface area contributed by atoms with Crippen LogP contribution in [-0.2, 0) is 6.54 Å². The zero-order chi connectivity index (χ0) is 34.4. The number of phenols is 1. The summed E-state index contributed by atoms with van der Waals surface area (Å²) in [7, 11) is 0.